The Morgan fingerprint density at radius 3 is 2.46 bits per heavy atom. The van der Waals surface area contributed by atoms with E-state index in [4.69, 9.17) is 0 Å². The Kier molecular flexibility index (Phi) is 4.17. The highest BCUT2D eigenvalue weighted by molar-refractivity contribution is 5.61. The average molecular weight is 336 g/mol. The molecule has 0 radical (unpaired) electrons. The molecule has 0 fully saturated rings. The maximum Gasteiger partial charge on any atom is 0.416 e. The number of fused-ring (bicyclic) bond motifs is 1. The van der Waals surface area contributed by atoms with Crippen LogP contribution in [0.4, 0.5) is 24.5 Å². The van der Waals surface area contributed by atoms with E-state index in [1.54, 1.807) is 12.1 Å². The number of nitrogens with zero attached hydrogens (tertiary/aromatic N) is 2. The Bertz CT molecular complexity index is 757. The molecule has 0 N–H and O–H groups in total. The van der Waals surface area contributed by atoms with Gasteiger partial charge >= 0.3 is 6.18 Å². The first kappa shape index (κ1) is 16.3. The van der Waals surface area contributed by atoms with Crippen LogP contribution in [0.2, 0.25) is 0 Å². The molecule has 0 saturated heterocycles. The van der Waals surface area contributed by atoms with Crippen LogP contribution in [0, 0.1) is 10.1 Å². The Labute approximate surface area is 136 Å². The first-order valence-electron chi connectivity index (χ1n) is 7.53. The van der Waals surface area contributed by atoms with Gasteiger partial charge in [-0.2, -0.15) is 13.2 Å². The highest BCUT2D eigenvalue weighted by atomic mass is 19.4. The molecule has 0 unspecified atom stereocenters. The van der Waals surface area contributed by atoms with Gasteiger partial charge in [0.25, 0.3) is 5.69 Å². The van der Waals surface area contributed by atoms with Gasteiger partial charge < -0.3 is 4.90 Å². The van der Waals surface area contributed by atoms with Gasteiger partial charge in [-0.25, -0.2) is 0 Å². The number of alkyl halides is 3. The van der Waals surface area contributed by atoms with Crippen molar-refractivity contribution < 1.29 is 18.1 Å². The first-order valence-corrected chi connectivity index (χ1v) is 7.53. The molecule has 1 aliphatic rings. The number of benzene rings is 2. The summed E-state index contributed by atoms with van der Waals surface area (Å²) in [7, 11) is 0. The molecule has 24 heavy (non-hydrogen) atoms. The maximum atomic E-state index is 12.5. The van der Waals surface area contributed by atoms with Crippen molar-refractivity contribution in [1.29, 1.82) is 0 Å². The second-order valence-electron chi connectivity index (χ2n) is 5.75. The zero-order valence-corrected chi connectivity index (χ0v) is 12.7. The third kappa shape index (κ3) is 3.34. The zero-order valence-electron chi connectivity index (χ0n) is 12.7. The van der Waals surface area contributed by atoms with Gasteiger partial charge in [-0.3, -0.25) is 10.1 Å². The summed E-state index contributed by atoms with van der Waals surface area (Å²) in [6.07, 6.45) is -2.96. The van der Waals surface area contributed by atoms with Gasteiger partial charge in [0.05, 0.1) is 10.5 Å². The SMILES string of the molecule is O=[N+]([O-])c1ccc2c(c1)CCN2CCc1ccc(C(F)(F)F)cc1. The number of nitro groups is 1. The molecule has 1 heterocycles. The number of non-ortho nitro benzene ring substituents is 1. The molecule has 2 aromatic rings. The van der Waals surface area contributed by atoms with E-state index in [1.165, 1.54) is 18.2 Å². The maximum absolute atomic E-state index is 12.5. The quantitative estimate of drug-likeness (QED) is 0.620. The number of halogens is 3. The molecule has 0 aliphatic carbocycles. The van der Waals surface area contributed by atoms with Gasteiger partial charge in [-0.05, 0) is 42.2 Å². The van der Waals surface area contributed by atoms with E-state index in [-0.39, 0.29) is 5.69 Å². The minimum atomic E-state index is -4.32. The van der Waals surface area contributed by atoms with E-state index in [9.17, 15) is 23.3 Å². The van der Waals surface area contributed by atoms with E-state index in [0.29, 0.717) is 13.0 Å². The van der Waals surface area contributed by atoms with Crippen LogP contribution in [-0.2, 0) is 19.0 Å². The largest absolute Gasteiger partial charge is 0.416 e. The number of hydrogen-bond donors (Lipinski definition) is 0. The van der Waals surface area contributed by atoms with E-state index in [1.807, 2.05) is 0 Å². The lowest BCUT2D eigenvalue weighted by molar-refractivity contribution is -0.384. The van der Waals surface area contributed by atoms with Crippen molar-refractivity contribution in [3.8, 4) is 0 Å². The van der Waals surface area contributed by atoms with Gasteiger partial charge in [-0.1, -0.05) is 12.1 Å². The summed E-state index contributed by atoms with van der Waals surface area (Å²) in [5.41, 5.74) is 2.17. The topological polar surface area (TPSA) is 46.4 Å². The molecule has 0 spiro atoms. The van der Waals surface area contributed by atoms with E-state index in [2.05, 4.69) is 4.90 Å². The summed E-state index contributed by atoms with van der Waals surface area (Å²) >= 11 is 0. The lowest BCUT2D eigenvalue weighted by atomic mass is 10.1. The molecule has 3 rings (SSSR count). The molecule has 0 amide bonds. The lowest BCUT2D eigenvalue weighted by Gasteiger charge is -2.19. The van der Waals surface area contributed by atoms with Crippen LogP contribution in [0.15, 0.2) is 42.5 Å². The van der Waals surface area contributed by atoms with Crippen LogP contribution < -0.4 is 4.90 Å². The Balaban J connectivity index is 1.66. The van der Waals surface area contributed by atoms with Crippen LogP contribution in [0.5, 0.6) is 0 Å². The highest BCUT2D eigenvalue weighted by Gasteiger charge is 2.30. The second-order valence-corrected chi connectivity index (χ2v) is 5.75. The zero-order chi connectivity index (χ0) is 17.3. The van der Waals surface area contributed by atoms with Crippen molar-refractivity contribution in [3.05, 3.63) is 69.3 Å². The van der Waals surface area contributed by atoms with Crippen molar-refractivity contribution in [1.82, 2.24) is 0 Å². The van der Waals surface area contributed by atoms with Crippen LogP contribution in [0.25, 0.3) is 0 Å². The van der Waals surface area contributed by atoms with Gasteiger partial charge in [0.15, 0.2) is 0 Å². The van der Waals surface area contributed by atoms with Crippen molar-refractivity contribution in [2.45, 2.75) is 19.0 Å². The summed E-state index contributed by atoms with van der Waals surface area (Å²) in [6, 6.07) is 9.99. The van der Waals surface area contributed by atoms with Gasteiger partial charge in [0.2, 0.25) is 0 Å². The third-order valence-electron chi connectivity index (χ3n) is 4.22. The monoisotopic (exact) mass is 336 g/mol. The molecule has 2 aromatic carbocycles. The molecule has 126 valence electrons. The van der Waals surface area contributed by atoms with Crippen molar-refractivity contribution >= 4 is 11.4 Å². The average Bonchev–Trinajstić information content (AvgIpc) is 2.94. The Morgan fingerprint density at radius 2 is 1.83 bits per heavy atom. The normalized spacial score (nSPS) is 13.9. The third-order valence-corrected chi connectivity index (χ3v) is 4.22. The molecule has 0 atom stereocenters. The fourth-order valence-electron chi connectivity index (χ4n) is 2.93. The Morgan fingerprint density at radius 1 is 1.12 bits per heavy atom. The highest BCUT2D eigenvalue weighted by Crippen LogP contribution is 2.32. The van der Waals surface area contributed by atoms with Gasteiger partial charge in [-0.15, -0.1) is 0 Å². The van der Waals surface area contributed by atoms with Crippen molar-refractivity contribution in [3.63, 3.8) is 0 Å². The smallest absolute Gasteiger partial charge is 0.371 e. The Hall–Kier alpha value is -2.57. The molecule has 0 aromatic heterocycles. The minimum Gasteiger partial charge on any atom is -0.371 e. The number of nitro benzene ring substituents is 1. The van der Waals surface area contributed by atoms with E-state index >= 15 is 0 Å². The van der Waals surface area contributed by atoms with Crippen molar-refractivity contribution in [2.75, 3.05) is 18.0 Å². The fourth-order valence-corrected chi connectivity index (χ4v) is 2.93. The summed E-state index contributed by atoms with van der Waals surface area (Å²) in [4.78, 5) is 12.5. The molecular formula is C17H15F3N2O2. The molecule has 4 nitrogen and oxygen atoms in total. The van der Waals surface area contributed by atoms with Gasteiger partial charge in [0, 0.05) is 30.9 Å². The number of hydrogen-bond acceptors (Lipinski definition) is 3. The second kappa shape index (κ2) is 6.14. The molecular weight excluding hydrogens is 321 g/mol. The standard InChI is InChI=1S/C17H15F3N2O2/c18-17(19,20)14-3-1-12(2-4-14)7-9-21-10-8-13-11-15(22(23)24)5-6-16(13)21/h1-6,11H,7-10H2. The predicted octanol–water partition coefficient (Wildman–Crippen LogP) is 4.22. The van der Waals surface area contributed by atoms with Crippen molar-refractivity contribution in [2.24, 2.45) is 0 Å². The van der Waals surface area contributed by atoms with E-state index < -0.39 is 16.7 Å². The predicted molar refractivity (Wildman–Crippen MR) is 84.2 cm³/mol. The van der Waals surface area contributed by atoms with Crippen LogP contribution in [0.1, 0.15) is 16.7 Å². The first-order chi connectivity index (χ1) is 11.3. The number of anilines is 1. The molecule has 7 heteroatoms. The summed E-state index contributed by atoms with van der Waals surface area (Å²) in [5, 5.41) is 10.8. The van der Waals surface area contributed by atoms with Gasteiger partial charge in [0.1, 0.15) is 0 Å². The number of rotatable bonds is 4. The molecule has 0 bridgehead atoms. The fraction of sp³-hybridized carbons (Fsp3) is 0.294. The van der Waals surface area contributed by atoms with Crippen LogP contribution in [-0.4, -0.2) is 18.0 Å². The summed E-state index contributed by atoms with van der Waals surface area (Å²) in [5.74, 6) is 0. The molecule has 1 aliphatic heterocycles. The summed E-state index contributed by atoms with van der Waals surface area (Å²) < 4.78 is 37.6. The van der Waals surface area contributed by atoms with Crippen LogP contribution in [0.3, 0.4) is 0 Å². The summed E-state index contributed by atoms with van der Waals surface area (Å²) in [6.45, 7) is 1.42. The van der Waals surface area contributed by atoms with E-state index in [0.717, 1.165) is 41.9 Å². The molecule has 0 saturated carbocycles. The minimum absolute atomic E-state index is 0.0818. The lowest BCUT2D eigenvalue weighted by Crippen LogP contribution is -2.23. The van der Waals surface area contributed by atoms with Crippen LogP contribution >= 0.6 is 0 Å².